The summed E-state index contributed by atoms with van der Waals surface area (Å²) >= 11 is 0. The maximum atomic E-state index is 13.8. The van der Waals surface area contributed by atoms with Crippen molar-refractivity contribution < 1.29 is 27.7 Å². The van der Waals surface area contributed by atoms with Crippen LogP contribution < -0.4 is 18.9 Å². The second-order valence-electron chi connectivity index (χ2n) is 19.6. The number of hydrogen-bond acceptors (Lipinski definition) is 10. The van der Waals surface area contributed by atoms with Crippen molar-refractivity contribution in [3.63, 3.8) is 0 Å². The van der Waals surface area contributed by atoms with E-state index in [-0.39, 0.29) is 23.7 Å². The van der Waals surface area contributed by atoms with Crippen molar-refractivity contribution in [3.8, 4) is 23.0 Å². The van der Waals surface area contributed by atoms with Gasteiger partial charge in [0.1, 0.15) is 24.7 Å². The maximum Gasteiger partial charge on any atom is 0.165 e. The van der Waals surface area contributed by atoms with Crippen LogP contribution in [0.2, 0.25) is 0 Å². The van der Waals surface area contributed by atoms with Crippen LogP contribution in [0, 0.1) is 23.5 Å². The van der Waals surface area contributed by atoms with Crippen LogP contribution in [0.25, 0.3) is 0 Å². The number of pyridine rings is 2. The second-order valence-corrected chi connectivity index (χ2v) is 19.6. The normalized spacial score (nSPS) is 15.8. The summed E-state index contributed by atoms with van der Waals surface area (Å²) in [6.45, 7) is 17.9. The van der Waals surface area contributed by atoms with Gasteiger partial charge < -0.3 is 18.9 Å². The van der Waals surface area contributed by atoms with Gasteiger partial charge in [0, 0.05) is 50.7 Å². The van der Waals surface area contributed by atoms with E-state index in [4.69, 9.17) is 28.9 Å². The van der Waals surface area contributed by atoms with Crippen LogP contribution in [-0.2, 0) is 0 Å². The topological polar surface area (TPSA) is 75.7 Å². The molecule has 0 spiro atoms. The SMILES string of the molecule is COc1cccc(C(c2ccccn2)N(CC2CCN(CCOc3ccccc3F)CC2)C(C)C)c1.COc1cccc(C(c2ccccn2)N(CC2CCN(CCOc3ccccc3F)CC2)C(C)C)c1. The van der Waals surface area contributed by atoms with Crippen molar-refractivity contribution in [2.75, 3.05) is 79.8 Å². The van der Waals surface area contributed by atoms with Gasteiger partial charge >= 0.3 is 0 Å². The van der Waals surface area contributed by atoms with Crippen LogP contribution in [0.15, 0.2) is 146 Å². The Hall–Kier alpha value is -5.92. The van der Waals surface area contributed by atoms with Crippen LogP contribution >= 0.6 is 0 Å². The van der Waals surface area contributed by atoms with Crippen molar-refractivity contribution in [1.29, 1.82) is 0 Å². The third-order valence-electron chi connectivity index (χ3n) is 14.1. The fourth-order valence-electron chi connectivity index (χ4n) is 10.1. The van der Waals surface area contributed by atoms with Crippen molar-refractivity contribution in [1.82, 2.24) is 29.6 Å². The number of aromatic nitrogens is 2. The molecule has 2 fully saturated rings. The van der Waals surface area contributed by atoms with E-state index in [1.807, 2.05) is 36.7 Å². The zero-order chi connectivity index (χ0) is 50.7. The number of methoxy groups -OCH3 is 2. The molecule has 384 valence electrons. The second kappa shape index (κ2) is 27.8. The Bertz CT molecular complexity index is 2310. The molecule has 2 aliphatic rings. The summed E-state index contributed by atoms with van der Waals surface area (Å²) in [6.07, 6.45) is 8.30. The molecule has 2 saturated heterocycles. The van der Waals surface area contributed by atoms with Crippen LogP contribution in [0.3, 0.4) is 0 Å². The van der Waals surface area contributed by atoms with Gasteiger partial charge in [0.15, 0.2) is 23.1 Å². The average molecular weight is 983 g/mol. The van der Waals surface area contributed by atoms with Crippen molar-refractivity contribution in [2.24, 2.45) is 11.8 Å². The van der Waals surface area contributed by atoms with Crippen LogP contribution in [0.5, 0.6) is 23.0 Å². The Morgan fingerprint density at radius 3 is 1.25 bits per heavy atom. The number of hydrogen-bond donors (Lipinski definition) is 0. The van der Waals surface area contributed by atoms with Gasteiger partial charge in [0.2, 0.25) is 0 Å². The molecule has 12 heteroatoms. The Morgan fingerprint density at radius 2 is 0.903 bits per heavy atom. The molecule has 0 radical (unpaired) electrons. The number of para-hydroxylation sites is 2. The molecule has 0 aliphatic carbocycles. The van der Waals surface area contributed by atoms with Gasteiger partial charge in [-0.05, 0) is 175 Å². The third kappa shape index (κ3) is 15.5. The molecular weight excluding hydrogens is 907 g/mol. The standard InChI is InChI=1S/2C30H38FN3O2/c2*1-23(2)34(30(28-12-6-7-16-32-28)25-9-8-10-26(21-25)35-3)22-24-14-17-33(18-15-24)19-20-36-29-13-5-4-11-27(29)31/h2*4-13,16,21,23-24,30H,14-15,17-20,22H2,1-3H3. The lowest BCUT2D eigenvalue weighted by Crippen LogP contribution is -2.43. The molecule has 0 amide bonds. The van der Waals surface area contributed by atoms with Crippen molar-refractivity contribution in [3.05, 3.63) is 180 Å². The predicted octanol–water partition coefficient (Wildman–Crippen LogP) is 11.6. The molecule has 0 bridgehead atoms. The Morgan fingerprint density at radius 1 is 0.514 bits per heavy atom. The zero-order valence-corrected chi connectivity index (χ0v) is 43.3. The molecular formula is C60H76F2N6O4. The Labute approximate surface area is 427 Å². The molecule has 4 aromatic carbocycles. The minimum Gasteiger partial charge on any atom is -0.497 e. The van der Waals surface area contributed by atoms with Crippen molar-refractivity contribution in [2.45, 2.75) is 77.5 Å². The van der Waals surface area contributed by atoms with Crippen LogP contribution in [0.4, 0.5) is 8.78 Å². The van der Waals surface area contributed by atoms with Gasteiger partial charge in [-0.15, -0.1) is 0 Å². The molecule has 0 saturated carbocycles. The molecule has 8 rings (SSSR count). The van der Waals surface area contributed by atoms with Gasteiger partial charge in [-0.3, -0.25) is 29.6 Å². The summed E-state index contributed by atoms with van der Waals surface area (Å²) in [4.78, 5) is 19.5. The smallest absolute Gasteiger partial charge is 0.165 e. The number of ether oxygens (including phenoxy) is 4. The highest BCUT2D eigenvalue weighted by Crippen LogP contribution is 2.35. The average Bonchev–Trinajstić information content (AvgIpc) is 3.41. The first-order chi connectivity index (χ1) is 35.1. The van der Waals surface area contributed by atoms with E-state index < -0.39 is 0 Å². The largest absolute Gasteiger partial charge is 0.497 e. The van der Waals surface area contributed by atoms with E-state index in [0.29, 0.717) is 48.6 Å². The molecule has 2 aromatic heterocycles. The number of piperidine rings is 2. The van der Waals surface area contributed by atoms with Gasteiger partial charge in [0.05, 0.1) is 37.7 Å². The van der Waals surface area contributed by atoms with E-state index in [0.717, 1.165) is 101 Å². The summed E-state index contributed by atoms with van der Waals surface area (Å²) in [5.41, 5.74) is 4.51. The molecule has 72 heavy (non-hydrogen) atoms. The third-order valence-corrected chi connectivity index (χ3v) is 14.1. The first kappa shape index (κ1) is 53.9. The fourth-order valence-corrected chi connectivity index (χ4v) is 10.1. The summed E-state index contributed by atoms with van der Waals surface area (Å²) < 4.78 is 50.0. The molecule has 10 nitrogen and oxygen atoms in total. The van der Waals surface area contributed by atoms with Gasteiger partial charge in [-0.25, -0.2) is 8.78 Å². The first-order valence-corrected chi connectivity index (χ1v) is 25.9. The van der Waals surface area contributed by atoms with Gasteiger partial charge in [0.25, 0.3) is 0 Å². The van der Waals surface area contributed by atoms with Gasteiger partial charge in [-0.1, -0.05) is 60.7 Å². The van der Waals surface area contributed by atoms with Crippen LogP contribution in [-0.4, -0.2) is 121 Å². The predicted molar refractivity (Wildman–Crippen MR) is 284 cm³/mol. The molecule has 4 heterocycles. The summed E-state index contributed by atoms with van der Waals surface area (Å²) in [5, 5.41) is 0. The van der Waals surface area contributed by atoms with Crippen molar-refractivity contribution >= 4 is 0 Å². The molecule has 0 N–H and O–H groups in total. The number of halogens is 2. The highest BCUT2D eigenvalue weighted by atomic mass is 19.1. The fraction of sp³-hybridized carbons (Fsp3) is 0.433. The molecule has 2 atom stereocenters. The summed E-state index contributed by atoms with van der Waals surface area (Å²) in [6, 6.07) is 43.1. The lowest BCUT2D eigenvalue weighted by Gasteiger charge is -2.40. The Kier molecular flexibility index (Phi) is 20.8. The zero-order valence-electron chi connectivity index (χ0n) is 43.3. The van der Waals surface area contributed by atoms with Crippen LogP contribution in [0.1, 0.15) is 88.0 Å². The number of likely N-dealkylation sites (tertiary alicyclic amines) is 2. The summed E-state index contributed by atoms with van der Waals surface area (Å²) in [5.74, 6) is 3.00. The van der Waals surface area contributed by atoms with E-state index >= 15 is 0 Å². The van der Waals surface area contributed by atoms with E-state index in [2.05, 4.69) is 108 Å². The number of nitrogens with zero attached hydrogens (tertiary/aromatic N) is 6. The van der Waals surface area contributed by atoms with E-state index in [1.165, 1.54) is 23.3 Å². The van der Waals surface area contributed by atoms with Gasteiger partial charge in [-0.2, -0.15) is 0 Å². The maximum absolute atomic E-state index is 13.8. The first-order valence-electron chi connectivity index (χ1n) is 25.9. The van der Waals surface area contributed by atoms with E-state index in [9.17, 15) is 8.78 Å². The lowest BCUT2D eigenvalue weighted by atomic mass is 9.92. The highest BCUT2D eigenvalue weighted by molar-refractivity contribution is 5.36. The minimum atomic E-state index is -0.302. The monoisotopic (exact) mass is 983 g/mol. The molecule has 2 unspecified atom stereocenters. The highest BCUT2D eigenvalue weighted by Gasteiger charge is 2.32. The molecule has 6 aromatic rings. The van der Waals surface area contributed by atoms with E-state index in [1.54, 1.807) is 50.6 Å². The lowest BCUT2D eigenvalue weighted by molar-refractivity contribution is 0.0978. The minimum absolute atomic E-state index is 0.0634. The quantitative estimate of drug-likeness (QED) is 0.0656. The number of rotatable bonds is 22. The number of benzene rings is 4. The molecule has 2 aliphatic heterocycles. The summed E-state index contributed by atoms with van der Waals surface area (Å²) in [7, 11) is 3.43. The Balaban J connectivity index is 0.000000211.